The average molecular weight is 183 g/mol. The lowest BCUT2D eigenvalue weighted by atomic mass is 9.98. The molecular weight excluding hydrogens is 170 g/mol. The zero-order valence-corrected chi connectivity index (χ0v) is 8.10. The largest absolute Gasteiger partial charge is 0.343 e. The van der Waals surface area contributed by atoms with E-state index in [9.17, 15) is 4.79 Å². The van der Waals surface area contributed by atoms with Crippen molar-refractivity contribution in [3.8, 4) is 11.2 Å². The van der Waals surface area contributed by atoms with Gasteiger partial charge in [-0.1, -0.05) is 18.5 Å². The van der Waals surface area contributed by atoms with Crippen molar-refractivity contribution in [1.29, 1.82) is 0 Å². The van der Waals surface area contributed by atoms with Crippen LogP contribution in [0.15, 0.2) is 0 Å². The molecule has 1 heterocycles. The molecule has 1 rings (SSSR count). The van der Waals surface area contributed by atoms with Crippen LogP contribution in [0.25, 0.3) is 0 Å². The Morgan fingerprint density at radius 3 is 2.50 bits per heavy atom. The van der Waals surface area contributed by atoms with Gasteiger partial charge in [0.05, 0.1) is 0 Å². The van der Waals surface area contributed by atoms with Crippen molar-refractivity contribution < 1.29 is 4.79 Å². The third-order valence-corrected chi connectivity index (χ3v) is 2.34. The molecule has 0 aromatic rings. The Bertz CT molecular complexity index is 220. The van der Waals surface area contributed by atoms with Crippen LogP contribution in [-0.4, -0.2) is 23.9 Å². The highest BCUT2D eigenvalue weighted by Crippen LogP contribution is 2.15. The first-order valence-electron chi connectivity index (χ1n) is 4.14. The summed E-state index contributed by atoms with van der Waals surface area (Å²) in [5, 5.41) is 2.62. The maximum absolute atomic E-state index is 10.9. The fraction of sp³-hybridized carbons (Fsp3) is 0.667. The number of rotatable bonds is 0. The van der Waals surface area contributed by atoms with Crippen LogP contribution in [0, 0.1) is 17.1 Å². The molecule has 0 aromatic carbocycles. The van der Waals surface area contributed by atoms with Gasteiger partial charge in [0.15, 0.2) is 0 Å². The van der Waals surface area contributed by atoms with Gasteiger partial charge in [0, 0.05) is 25.9 Å². The van der Waals surface area contributed by atoms with Crippen molar-refractivity contribution in [3.63, 3.8) is 0 Å². The Balaban J connectivity index is 2.37. The third-order valence-electron chi connectivity index (χ3n) is 2.21. The van der Waals surface area contributed by atoms with Crippen molar-refractivity contribution >= 4 is 18.5 Å². The van der Waals surface area contributed by atoms with E-state index in [0.29, 0.717) is 5.92 Å². The van der Waals surface area contributed by atoms with Crippen LogP contribution in [0.1, 0.15) is 19.8 Å². The average Bonchev–Trinajstić information content (AvgIpc) is 2.06. The molecule has 12 heavy (non-hydrogen) atoms. The summed E-state index contributed by atoms with van der Waals surface area (Å²) < 4.78 is 0. The minimum Gasteiger partial charge on any atom is -0.343 e. The van der Waals surface area contributed by atoms with Crippen LogP contribution in [-0.2, 0) is 4.79 Å². The number of carbonyl (C=O) groups excluding carboxylic acids is 1. The molecular formula is C9H13NOS. The van der Waals surface area contributed by atoms with E-state index >= 15 is 0 Å². The molecule has 1 saturated heterocycles. The summed E-state index contributed by atoms with van der Waals surface area (Å²) in [6, 6.07) is 0. The summed E-state index contributed by atoms with van der Waals surface area (Å²) in [5.74, 6) is 3.64. The van der Waals surface area contributed by atoms with Crippen LogP contribution in [0.5, 0.6) is 0 Å². The zero-order chi connectivity index (χ0) is 8.97. The van der Waals surface area contributed by atoms with E-state index in [1.54, 1.807) is 6.92 Å². The summed E-state index contributed by atoms with van der Waals surface area (Å²) in [6.07, 6.45) is 1.99. The Morgan fingerprint density at radius 1 is 1.50 bits per heavy atom. The van der Waals surface area contributed by atoms with Gasteiger partial charge >= 0.3 is 0 Å². The van der Waals surface area contributed by atoms with Gasteiger partial charge in [-0.2, -0.15) is 0 Å². The zero-order valence-electron chi connectivity index (χ0n) is 7.21. The molecule has 0 bridgehead atoms. The Morgan fingerprint density at radius 2 is 2.08 bits per heavy atom. The fourth-order valence-electron chi connectivity index (χ4n) is 1.43. The summed E-state index contributed by atoms with van der Waals surface area (Å²) in [5.41, 5.74) is 0. The molecule has 0 N–H and O–H groups in total. The van der Waals surface area contributed by atoms with Crippen LogP contribution >= 0.6 is 12.6 Å². The van der Waals surface area contributed by atoms with Gasteiger partial charge in [-0.3, -0.25) is 4.79 Å². The molecule has 0 saturated carbocycles. The molecule has 3 heteroatoms. The monoisotopic (exact) mass is 183 g/mol. The van der Waals surface area contributed by atoms with Crippen LogP contribution in [0.3, 0.4) is 0 Å². The molecule has 0 atom stereocenters. The molecule has 0 aromatic heterocycles. The number of carbonyl (C=O) groups is 1. The highest BCUT2D eigenvalue weighted by Gasteiger charge is 2.18. The number of likely N-dealkylation sites (tertiary alicyclic amines) is 1. The number of amides is 1. The molecule has 0 unspecified atom stereocenters. The van der Waals surface area contributed by atoms with Crippen molar-refractivity contribution in [1.82, 2.24) is 4.90 Å². The second kappa shape index (κ2) is 4.42. The molecule has 1 aliphatic heterocycles. The van der Waals surface area contributed by atoms with Gasteiger partial charge in [-0.05, 0) is 18.1 Å². The smallest absolute Gasteiger partial charge is 0.219 e. The van der Waals surface area contributed by atoms with E-state index in [1.165, 1.54) is 0 Å². The highest BCUT2D eigenvalue weighted by atomic mass is 32.1. The van der Waals surface area contributed by atoms with Crippen molar-refractivity contribution in [2.24, 2.45) is 5.92 Å². The van der Waals surface area contributed by atoms with E-state index in [4.69, 9.17) is 0 Å². The van der Waals surface area contributed by atoms with Gasteiger partial charge < -0.3 is 4.90 Å². The van der Waals surface area contributed by atoms with Crippen LogP contribution < -0.4 is 0 Å². The Labute approximate surface area is 78.7 Å². The minimum atomic E-state index is 0.173. The molecule has 2 nitrogen and oxygen atoms in total. The van der Waals surface area contributed by atoms with Crippen molar-refractivity contribution in [3.05, 3.63) is 0 Å². The normalized spacial score (nSPS) is 18.3. The number of nitrogens with zero attached hydrogens (tertiary/aromatic N) is 1. The third kappa shape index (κ3) is 2.46. The maximum Gasteiger partial charge on any atom is 0.219 e. The van der Waals surface area contributed by atoms with Gasteiger partial charge in [0.25, 0.3) is 0 Å². The molecule has 1 fully saturated rings. The number of hydrogen-bond acceptors (Lipinski definition) is 2. The molecule has 1 amide bonds. The van der Waals surface area contributed by atoms with E-state index in [2.05, 4.69) is 23.8 Å². The van der Waals surface area contributed by atoms with Crippen LogP contribution in [0.4, 0.5) is 0 Å². The fourth-order valence-corrected chi connectivity index (χ4v) is 1.61. The summed E-state index contributed by atoms with van der Waals surface area (Å²) in [7, 11) is 0. The van der Waals surface area contributed by atoms with E-state index < -0.39 is 0 Å². The molecule has 1 aliphatic rings. The predicted molar refractivity (Wildman–Crippen MR) is 51.7 cm³/mol. The summed E-state index contributed by atoms with van der Waals surface area (Å²) >= 11 is 3.85. The molecule has 0 radical (unpaired) electrons. The van der Waals surface area contributed by atoms with Crippen molar-refractivity contribution in [2.75, 3.05) is 13.1 Å². The van der Waals surface area contributed by atoms with Gasteiger partial charge in [-0.25, -0.2) is 0 Å². The first-order valence-corrected chi connectivity index (χ1v) is 4.59. The number of thiol groups is 1. The van der Waals surface area contributed by atoms with Crippen molar-refractivity contribution in [2.45, 2.75) is 19.8 Å². The van der Waals surface area contributed by atoms with E-state index in [-0.39, 0.29) is 5.91 Å². The van der Waals surface area contributed by atoms with Gasteiger partial charge in [-0.15, -0.1) is 0 Å². The summed E-state index contributed by atoms with van der Waals surface area (Å²) in [6.45, 7) is 3.32. The minimum absolute atomic E-state index is 0.173. The Kier molecular flexibility index (Phi) is 3.48. The first kappa shape index (κ1) is 9.47. The highest BCUT2D eigenvalue weighted by molar-refractivity contribution is 7.85. The topological polar surface area (TPSA) is 20.3 Å². The lowest BCUT2D eigenvalue weighted by Crippen LogP contribution is -2.36. The lowest BCUT2D eigenvalue weighted by molar-refractivity contribution is -0.129. The lowest BCUT2D eigenvalue weighted by Gasteiger charge is -2.28. The molecule has 0 aliphatic carbocycles. The van der Waals surface area contributed by atoms with E-state index in [1.807, 2.05) is 4.90 Å². The summed E-state index contributed by atoms with van der Waals surface area (Å²) in [4.78, 5) is 12.8. The number of piperidine rings is 1. The van der Waals surface area contributed by atoms with Gasteiger partial charge in [0.1, 0.15) is 0 Å². The standard InChI is InChI=1S/C9H13NOS/c1-8(11)10-5-2-9(3-6-10)4-7-12/h9,12H,2-3,5-6H2,1H3. The second-order valence-electron chi connectivity index (χ2n) is 3.04. The first-order chi connectivity index (χ1) is 5.74. The van der Waals surface area contributed by atoms with E-state index in [0.717, 1.165) is 25.9 Å². The van der Waals surface area contributed by atoms with Crippen LogP contribution in [0.2, 0.25) is 0 Å². The van der Waals surface area contributed by atoms with Gasteiger partial charge in [0.2, 0.25) is 5.91 Å². The quantitative estimate of drug-likeness (QED) is 0.441. The maximum atomic E-state index is 10.9. The molecule has 66 valence electrons. The second-order valence-corrected chi connectivity index (χ2v) is 3.26. The Hall–Kier alpha value is -0.620. The molecule has 0 spiro atoms. The predicted octanol–water partition coefficient (Wildman–Crippen LogP) is 1.14. The SMILES string of the molecule is CC(=O)N1CCC(C#CS)CC1. The number of hydrogen-bond donors (Lipinski definition) is 1.